The van der Waals surface area contributed by atoms with Crippen molar-refractivity contribution in [3.63, 3.8) is 0 Å². The Morgan fingerprint density at radius 3 is 2.27 bits per heavy atom. The second kappa shape index (κ2) is 13.0. The molecule has 1 aliphatic carbocycles. The molecule has 1 saturated carbocycles. The van der Waals surface area contributed by atoms with Gasteiger partial charge in [-0.05, 0) is 75.6 Å². The van der Waals surface area contributed by atoms with E-state index in [1.54, 1.807) is 14.0 Å². The van der Waals surface area contributed by atoms with E-state index in [-0.39, 0.29) is 17.6 Å². The quantitative estimate of drug-likeness (QED) is 0.454. The first-order valence-electron chi connectivity index (χ1n) is 12.0. The summed E-state index contributed by atoms with van der Waals surface area (Å²) in [5, 5.41) is 6.07. The topological polar surface area (TPSA) is 67.4 Å². The smallest absolute Gasteiger partial charge is 0.227 e. The lowest BCUT2D eigenvalue weighted by molar-refractivity contribution is -0.121. The fourth-order valence-corrected chi connectivity index (χ4v) is 4.56. The molecule has 0 spiro atoms. The highest BCUT2D eigenvalue weighted by molar-refractivity contribution is 6.00. The molecule has 1 fully saturated rings. The normalized spacial score (nSPS) is 17.4. The Kier molecular flexibility index (Phi) is 10.4. The number of amides is 1. The van der Waals surface area contributed by atoms with Crippen molar-refractivity contribution in [2.75, 3.05) is 24.8 Å². The highest BCUT2D eigenvalue weighted by atomic mass is 16.5. The van der Waals surface area contributed by atoms with Gasteiger partial charge in [-0.2, -0.15) is 0 Å². The van der Waals surface area contributed by atoms with Crippen LogP contribution in [0.5, 0.6) is 5.75 Å². The van der Waals surface area contributed by atoms with E-state index in [0.717, 1.165) is 52.6 Å². The van der Waals surface area contributed by atoms with E-state index >= 15 is 0 Å². The zero-order chi connectivity index (χ0) is 24.4. The highest BCUT2D eigenvalue weighted by Gasteiger charge is 2.25. The minimum atomic E-state index is 0.100. The van der Waals surface area contributed by atoms with Crippen molar-refractivity contribution in [1.29, 1.82) is 0 Å². The molecule has 0 bridgehead atoms. The monoisotopic (exact) mass is 452 g/mol. The van der Waals surface area contributed by atoms with E-state index in [1.165, 1.54) is 25.7 Å². The summed E-state index contributed by atoms with van der Waals surface area (Å²) in [6.45, 7) is 7.80. The summed E-state index contributed by atoms with van der Waals surface area (Å²) >= 11 is 0. The van der Waals surface area contributed by atoms with Crippen LogP contribution in [0.2, 0.25) is 0 Å². The first-order valence-corrected chi connectivity index (χ1v) is 12.0. The van der Waals surface area contributed by atoms with Gasteiger partial charge in [0.2, 0.25) is 5.91 Å². The molecule has 0 aliphatic heterocycles. The summed E-state index contributed by atoms with van der Waals surface area (Å²) in [5.74, 6) is 2.09. The molecule has 5 nitrogen and oxygen atoms in total. The van der Waals surface area contributed by atoms with Gasteiger partial charge in [-0.1, -0.05) is 38.0 Å². The Bertz CT molecular complexity index is 931. The van der Waals surface area contributed by atoms with Crippen molar-refractivity contribution >= 4 is 23.1 Å². The predicted molar refractivity (Wildman–Crippen MR) is 137 cm³/mol. The minimum absolute atomic E-state index is 0.100. The summed E-state index contributed by atoms with van der Waals surface area (Å²) in [6.07, 6.45) is 7.01. The zero-order valence-electron chi connectivity index (χ0n) is 21.1. The lowest BCUT2D eigenvalue weighted by atomic mass is 9.80. The molecule has 0 aromatic heterocycles. The van der Waals surface area contributed by atoms with Crippen LogP contribution in [0.1, 0.15) is 73.9 Å². The molecule has 180 valence electrons. The number of para-hydroxylation sites is 1. The number of aryl methyl sites for hydroxylation is 2. The van der Waals surface area contributed by atoms with Crippen LogP contribution in [0.3, 0.4) is 0 Å². The van der Waals surface area contributed by atoms with Crippen molar-refractivity contribution in [3.05, 3.63) is 53.1 Å². The van der Waals surface area contributed by atoms with Crippen LogP contribution in [-0.2, 0) is 4.79 Å². The van der Waals surface area contributed by atoms with E-state index in [0.29, 0.717) is 0 Å². The van der Waals surface area contributed by atoms with Gasteiger partial charge in [0.25, 0.3) is 0 Å². The molecule has 0 saturated heterocycles. The molecule has 2 aromatic carbocycles. The lowest BCUT2D eigenvalue weighted by Gasteiger charge is -2.27. The number of anilines is 2. The maximum Gasteiger partial charge on any atom is 0.227 e. The molecule has 0 heterocycles. The van der Waals surface area contributed by atoms with E-state index in [1.807, 2.05) is 57.3 Å². The van der Waals surface area contributed by atoms with Gasteiger partial charge in [-0.15, -0.1) is 0 Å². The van der Waals surface area contributed by atoms with Crippen LogP contribution in [-0.4, -0.2) is 25.8 Å². The summed E-state index contributed by atoms with van der Waals surface area (Å²) in [5.41, 5.74) is 4.71. The average molecular weight is 453 g/mol. The molecular formula is C28H40N2O3. The van der Waals surface area contributed by atoms with Crippen LogP contribution >= 0.6 is 0 Å². The van der Waals surface area contributed by atoms with Gasteiger partial charge in [0, 0.05) is 36.0 Å². The van der Waals surface area contributed by atoms with Crippen LogP contribution in [0.4, 0.5) is 11.4 Å². The van der Waals surface area contributed by atoms with E-state index < -0.39 is 0 Å². The van der Waals surface area contributed by atoms with Crippen LogP contribution in [0, 0.1) is 25.7 Å². The number of rotatable bonds is 7. The number of hydrogen-bond donors (Lipinski definition) is 2. The first kappa shape index (κ1) is 26.4. The van der Waals surface area contributed by atoms with E-state index in [9.17, 15) is 9.59 Å². The zero-order valence-corrected chi connectivity index (χ0v) is 21.1. The van der Waals surface area contributed by atoms with E-state index in [4.69, 9.17) is 4.74 Å². The minimum Gasteiger partial charge on any atom is -0.496 e. The number of hydrogen-bond acceptors (Lipinski definition) is 4. The number of carbonyl (C=O) groups excluding carboxylic acids is 2. The largest absolute Gasteiger partial charge is 0.496 e. The van der Waals surface area contributed by atoms with Crippen molar-refractivity contribution in [2.24, 2.45) is 11.8 Å². The molecule has 1 amide bonds. The first-order chi connectivity index (χ1) is 15.8. The van der Waals surface area contributed by atoms with Crippen molar-refractivity contribution in [3.8, 4) is 5.75 Å². The summed E-state index contributed by atoms with van der Waals surface area (Å²) in [6, 6.07) is 11.5. The number of nitrogens with one attached hydrogen (secondary N) is 2. The molecule has 1 aliphatic rings. The average Bonchev–Trinajstić information content (AvgIpc) is 2.81. The Labute approximate surface area is 199 Å². The molecule has 33 heavy (non-hydrogen) atoms. The van der Waals surface area contributed by atoms with Gasteiger partial charge in [-0.3, -0.25) is 9.59 Å². The Morgan fingerprint density at radius 1 is 1.03 bits per heavy atom. The van der Waals surface area contributed by atoms with Gasteiger partial charge in [0.05, 0.1) is 7.11 Å². The standard InChI is InChI=1S/C18H27NO2.C10H13NO/c1-4-5-14-7-9-15(10-8-14)18(20)19-16-11-6-13(2)17(12-16)21-3;1-7-5-4-6-9(8(2)12)10(7)11-3/h6,11-12,14-15H,4-5,7-10H2,1-3H3,(H,19,20);4-6,11H,1-3H3. The fraction of sp³-hybridized carbons (Fsp3) is 0.500. The van der Waals surface area contributed by atoms with E-state index in [2.05, 4.69) is 17.6 Å². The van der Waals surface area contributed by atoms with Gasteiger partial charge < -0.3 is 15.4 Å². The maximum absolute atomic E-state index is 12.4. The Balaban J connectivity index is 0.000000273. The third-order valence-electron chi connectivity index (χ3n) is 6.49. The lowest BCUT2D eigenvalue weighted by Crippen LogP contribution is -2.27. The van der Waals surface area contributed by atoms with Gasteiger partial charge >= 0.3 is 0 Å². The number of ether oxygens (including phenoxy) is 1. The number of methoxy groups -OCH3 is 1. The summed E-state index contributed by atoms with van der Waals surface area (Å²) in [4.78, 5) is 23.5. The number of benzene rings is 2. The number of ketones is 1. The van der Waals surface area contributed by atoms with Crippen LogP contribution < -0.4 is 15.4 Å². The summed E-state index contributed by atoms with van der Waals surface area (Å²) < 4.78 is 5.30. The van der Waals surface area contributed by atoms with Gasteiger partial charge in [0.15, 0.2) is 5.78 Å². The van der Waals surface area contributed by atoms with Crippen LogP contribution in [0.25, 0.3) is 0 Å². The maximum atomic E-state index is 12.4. The Hall–Kier alpha value is -2.82. The molecule has 0 atom stereocenters. The number of Topliss-reactive ketones (excluding diaryl/α,β-unsaturated/α-hetero) is 1. The molecule has 3 rings (SSSR count). The molecule has 0 radical (unpaired) electrons. The number of carbonyl (C=O) groups is 2. The third kappa shape index (κ3) is 7.62. The molecule has 2 N–H and O–H groups in total. The second-order valence-corrected chi connectivity index (χ2v) is 8.98. The summed E-state index contributed by atoms with van der Waals surface area (Å²) in [7, 11) is 3.48. The molecule has 5 heteroatoms. The van der Waals surface area contributed by atoms with Gasteiger partial charge in [-0.25, -0.2) is 0 Å². The molecular weight excluding hydrogens is 412 g/mol. The highest BCUT2D eigenvalue weighted by Crippen LogP contribution is 2.32. The van der Waals surface area contributed by atoms with Crippen molar-refractivity contribution in [2.45, 2.75) is 66.2 Å². The predicted octanol–water partition coefficient (Wildman–Crippen LogP) is 6.79. The van der Waals surface area contributed by atoms with Gasteiger partial charge in [0.1, 0.15) is 5.75 Å². The molecule has 0 unspecified atom stereocenters. The third-order valence-corrected chi connectivity index (χ3v) is 6.49. The molecule has 2 aromatic rings. The Morgan fingerprint density at radius 2 is 1.73 bits per heavy atom. The second-order valence-electron chi connectivity index (χ2n) is 8.98. The van der Waals surface area contributed by atoms with Crippen molar-refractivity contribution in [1.82, 2.24) is 0 Å². The fourth-order valence-electron chi connectivity index (χ4n) is 4.56. The van der Waals surface area contributed by atoms with Crippen molar-refractivity contribution < 1.29 is 14.3 Å². The van der Waals surface area contributed by atoms with Crippen LogP contribution in [0.15, 0.2) is 36.4 Å². The SMILES string of the molecule is CCCC1CCC(C(=O)Nc2ccc(C)c(OC)c2)CC1.CNc1c(C)cccc1C(C)=O.